The molecule has 3 heterocycles. The summed E-state index contributed by atoms with van der Waals surface area (Å²) in [5.41, 5.74) is 3.37. The first kappa shape index (κ1) is 13.1. The van der Waals surface area contributed by atoms with E-state index in [1.165, 1.54) is 10.5 Å². The summed E-state index contributed by atoms with van der Waals surface area (Å²) in [5, 5.41) is 3.69. The van der Waals surface area contributed by atoms with Gasteiger partial charge in [-0.2, -0.15) is 0 Å². The molecule has 1 unspecified atom stereocenters. The maximum absolute atomic E-state index is 12.6. The van der Waals surface area contributed by atoms with E-state index in [0.29, 0.717) is 5.25 Å². The number of benzene rings is 1. The number of rotatable bonds is 2. The van der Waals surface area contributed by atoms with E-state index in [9.17, 15) is 4.79 Å². The van der Waals surface area contributed by atoms with Crippen LogP contribution in [0.5, 0.6) is 0 Å². The topological polar surface area (TPSA) is 46.9 Å². The first-order valence-corrected chi connectivity index (χ1v) is 8.22. The molecule has 21 heavy (non-hydrogen) atoms. The monoisotopic (exact) mass is 299 g/mol. The summed E-state index contributed by atoms with van der Waals surface area (Å²) in [6.45, 7) is 2.33. The van der Waals surface area contributed by atoms with Crippen LogP contribution in [-0.2, 0) is 25.9 Å². The van der Waals surface area contributed by atoms with Crippen LogP contribution in [0.1, 0.15) is 16.8 Å². The van der Waals surface area contributed by atoms with Crippen molar-refractivity contribution in [2.75, 3.05) is 6.54 Å². The van der Waals surface area contributed by atoms with Crippen LogP contribution in [0.15, 0.2) is 40.3 Å². The number of aromatic nitrogens is 2. The Morgan fingerprint density at radius 3 is 3.19 bits per heavy atom. The minimum Gasteiger partial charge on any atom is -0.311 e. The predicted octanol–water partition coefficient (Wildman–Crippen LogP) is 1.61. The summed E-state index contributed by atoms with van der Waals surface area (Å²) in [6, 6.07) is 8.51. The van der Waals surface area contributed by atoms with Crippen LogP contribution in [0.2, 0.25) is 0 Å². The number of fused-ring (bicyclic) bond motifs is 2. The van der Waals surface area contributed by atoms with E-state index in [2.05, 4.69) is 34.6 Å². The van der Waals surface area contributed by atoms with E-state index in [-0.39, 0.29) is 5.56 Å². The second-order valence-electron chi connectivity index (χ2n) is 5.61. The molecule has 0 fully saturated rings. The van der Waals surface area contributed by atoms with Gasteiger partial charge in [-0.05, 0) is 31.0 Å². The third-order valence-electron chi connectivity index (χ3n) is 4.18. The fourth-order valence-electron chi connectivity index (χ4n) is 3.10. The SMILES string of the molecule is O=c1c2c(ncn1CC1Cc3ccccc3S1)CNCC2. The molecule has 0 amide bonds. The Morgan fingerprint density at radius 1 is 1.38 bits per heavy atom. The van der Waals surface area contributed by atoms with Gasteiger partial charge in [0.15, 0.2) is 0 Å². The molecule has 5 heteroatoms. The fraction of sp³-hybridized carbons (Fsp3) is 0.375. The number of nitrogens with one attached hydrogen (secondary N) is 1. The minimum absolute atomic E-state index is 0.151. The Kier molecular flexibility index (Phi) is 3.31. The molecule has 0 saturated carbocycles. The van der Waals surface area contributed by atoms with Crippen molar-refractivity contribution < 1.29 is 0 Å². The van der Waals surface area contributed by atoms with Gasteiger partial charge >= 0.3 is 0 Å². The van der Waals surface area contributed by atoms with Gasteiger partial charge < -0.3 is 5.32 Å². The molecule has 0 saturated heterocycles. The Hall–Kier alpha value is -1.59. The molecule has 4 rings (SSSR count). The van der Waals surface area contributed by atoms with Gasteiger partial charge in [-0.25, -0.2) is 4.98 Å². The van der Waals surface area contributed by atoms with Crippen LogP contribution < -0.4 is 10.9 Å². The Morgan fingerprint density at radius 2 is 2.29 bits per heavy atom. The molecular formula is C16H17N3OS. The summed E-state index contributed by atoms with van der Waals surface area (Å²) < 4.78 is 1.80. The number of hydrogen-bond acceptors (Lipinski definition) is 4. The molecule has 1 aromatic heterocycles. The van der Waals surface area contributed by atoms with E-state index >= 15 is 0 Å². The van der Waals surface area contributed by atoms with Crippen molar-refractivity contribution in [1.82, 2.24) is 14.9 Å². The molecule has 1 N–H and O–H groups in total. The molecule has 2 aromatic rings. The first-order chi connectivity index (χ1) is 10.3. The van der Waals surface area contributed by atoms with Gasteiger partial charge in [-0.3, -0.25) is 9.36 Å². The van der Waals surface area contributed by atoms with Crippen molar-refractivity contribution in [3.63, 3.8) is 0 Å². The lowest BCUT2D eigenvalue weighted by atomic mass is 10.1. The summed E-state index contributed by atoms with van der Waals surface area (Å²) >= 11 is 1.88. The lowest BCUT2D eigenvalue weighted by molar-refractivity contribution is 0.573. The lowest BCUT2D eigenvalue weighted by Crippen LogP contribution is -2.35. The third-order valence-corrected chi connectivity index (χ3v) is 5.48. The highest BCUT2D eigenvalue weighted by atomic mass is 32.2. The van der Waals surface area contributed by atoms with Crippen LogP contribution in [0, 0.1) is 0 Å². The van der Waals surface area contributed by atoms with Crippen molar-refractivity contribution in [3.8, 4) is 0 Å². The zero-order valence-electron chi connectivity index (χ0n) is 11.7. The normalized spacial score (nSPS) is 20.1. The van der Waals surface area contributed by atoms with E-state index in [1.54, 1.807) is 10.9 Å². The predicted molar refractivity (Wildman–Crippen MR) is 83.7 cm³/mol. The molecule has 2 aliphatic rings. The third kappa shape index (κ3) is 2.40. The van der Waals surface area contributed by atoms with E-state index in [1.807, 2.05) is 11.8 Å². The number of thioether (sulfide) groups is 1. The van der Waals surface area contributed by atoms with Crippen LogP contribution in [0.4, 0.5) is 0 Å². The average molecular weight is 299 g/mol. The smallest absolute Gasteiger partial charge is 0.256 e. The van der Waals surface area contributed by atoms with Crippen LogP contribution in [0.25, 0.3) is 0 Å². The van der Waals surface area contributed by atoms with Gasteiger partial charge in [-0.15, -0.1) is 11.8 Å². The van der Waals surface area contributed by atoms with E-state index < -0.39 is 0 Å². The maximum Gasteiger partial charge on any atom is 0.256 e. The van der Waals surface area contributed by atoms with Crippen molar-refractivity contribution in [2.24, 2.45) is 0 Å². The molecule has 1 aromatic carbocycles. The molecule has 0 spiro atoms. The zero-order chi connectivity index (χ0) is 14.2. The average Bonchev–Trinajstić information content (AvgIpc) is 2.93. The molecule has 2 aliphatic heterocycles. The highest BCUT2D eigenvalue weighted by Crippen LogP contribution is 2.37. The highest BCUT2D eigenvalue weighted by molar-refractivity contribution is 8.00. The van der Waals surface area contributed by atoms with Crippen LogP contribution in [0.3, 0.4) is 0 Å². The molecule has 0 aliphatic carbocycles. The molecule has 0 bridgehead atoms. The van der Waals surface area contributed by atoms with Crippen molar-refractivity contribution >= 4 is 11.8 Å². The van der Waals surface area contributed by atoms with Gasteiger partial charge in [0.25, 0.3) is 5.56 Å². The van der Waals surface area contributed by atoms with E-state index in [0.717, 1.165) is 43.7 Å². The molecule has 4 nitrogen and oxygen atoms in total. The molecular weight excluding hydrogens is 282 g/mol. The van der Waals surface area contributed by atoms with Crippen LogP contribution in [-0.4, -0.2) is 21.3 Å². The molecule has 0 radical (unpaired) electrons. The first-order valence-electron chi connectivity index (χ1n) is 7.34. The summed E-state index contributed by atoms with van der Waals surface area (Å²) in [7, 11) is 0. The standard InChI is InChI=1S/C16H17N3OS/c20-16-13-5-6-17-8-14(13)18-10-19(16)9-12-7-11-3-1-2-4-15(11)21-12/h1-4,10,12,17H,5-9H2. The second-order valence-corrected chi connectivity index (χ2v) is 6.95. The van der Waals surface area contributed by atoms with Crippen molar-refractivity contribution in [3.05, 3.63) is 57.8 Å². The minimum atomic E-state index is 0.151. The Balaban J connectivity index is 1.58. The zero-order valence-corrected chi connectivity index (χ0v) is 12.5. The van der Waals surface area contributed by atoms with E-state index in [4.69, 9.17) is 0 Å². The Labute approximate surface area is 127 Å². The highest BCUT2D eigenvalue weighted by Gasteiger charge is 2.23. The molecule has 108 valence electrons. The van der Waals surface area contributed by atoms with Crippen LogP contribution >= 0.6 is 11.8 Å². The van der Waals surface area contributed by atoms with Gasteiger partial charge in [0.2, 0.25) is 0 Å². The summed E-state index contributed by atoms with van der Waals surface area (Å²) in [6.07, 6.45) is 3.55. The molecule has 1 atom stereocenters. The maximum atomic E-state index is 12.6. The quantitative estimate of drug-likeness (QED) is 0.915. The Bertz CT molecular complexity index is 716. The second kappa shape index (κ2) is 5.31. The number of hydrogen-bond donors (Lipinski definition) is 1. The van der Waals surface area contributed by atoms with Crippen molar-refractivity contribution in [2.45, 2.75) is 36.1 Å². The number of nitrogens with zero attached hydrogens (tertiary/aromatic N) is 2. The van der Waals surface area contributed by atoms with Gasteiger partial charge in [0.1, 0.15) is 0 Å². The van der Waals surface area contributed by atoms with Gasteiger partial charge in [0, 0.05) is 28.8 Å². The largest absolute Gasteiger partial charge is 0.311 e. The summed E-state index contributed by atoms with van der Waals surface area (Å²) in [5.74, 6) is 0. The lowest BCUT2D eigenvalue weighted by Gasteiger charge is -2.18. The van der Waals surface area contributed by atoms with Crippen molar-refractivity contribution in [1.29, 1.82) is 0 Å². The van der Waals surface area contributed by atoms with Gasteiger partial charge in [-0.1, -0.05) is 18.2 Å². The fourth-order valence-corrected chi connectivity index (χ4v) is 4.41. The summed E-state index contributed by atoms with van der Waals surface area (Å²) in [4.78, 5) is 18.4. The van der Waals surface area contributed by atoms with Gasteiger partial charge in [0.05, 0.1) is 12.0 Å².